The lowest BCUT2D eigenvalue weighted by molar-refractivity contribution is 0.0721. The molecule has 1 fully saturated rings. The molecule has 9 heteroatoms. The van der Waals surface area contributed by atoms with Crippen molar-refractivity contribution in [1.82, 2.24) is 9.29 Å². The van der Waals surface area contributed by atoms with Gasteiger partial charge in [0.1, 0.15) is 6.10 Å². The third-order valence-electron chi connectivity index (χ3n) is 3.79. The summed E-state index contributed by atoms with van der Waals surface area (Å²) in [5, 5.41) is 0.513. The first-order chi connectivity index (χ1) is 11.9. The van der Waals surface area contributed by atoms with Crippen LogP contribution in [-0.4, -0.2) is 51.1 Å². The highest BCUT2D eigenvalue weighted by Crippen LogP contribution is 2.32. The molecular formula is C16H17ClN2O5S. The monoisotopic (exact) mass is 384 g/mol. The van der Waals surface area contributed by atoms with Gasteiger partial charge < -0.3 is 14.2 Å². The largest absolute Gasteiger partial charge is 0.493 e. The minimum atomic E-state index is -3.62. The molecule has 1 aliphatic heterocycles. The average Bonchev–Trinajstić information content (AvgIpc) is 2.58. The van der Waals surface area contributed by atoms with E-state index in [4.69, 9.17) is 25.8 Å². The van der Waals surface area contributed by atoms with Crippen molar-refractivity contribution in [3.63, 3.8) is 0 Å². The highest BCUT2D eigenvalue weighted by molar-refractivity contribution is 7.89. The van der Waals surface area contributed by atoms with Crippen molar-refractivity contribution < 1.29 is 22.6 Å². The number of pyridine rings is 1. The maximum Gasteiger partial charge on any atom is 0.243 e. The zero-order valence-electron chi connectivity index (χ0n) is 13.7. The molecule has 0 amide bonds. The van der Waals surface area contributed by atoms with Crippen molar-refractivity contribution in [2.75, 3.05) is 27.3 Å². The summed E-state index contributed by atoms with van der Waals surface area (Å²) in [5.74, 6) is 1.25. The van der Waals surface area contributed by atoms with Crippen LogP contribution in [0, 0.1) is 0 Å². The van der Waals surface area contributed by atoms with Gasteiger partial charge in [-0.15, -0.1) is 0 Å². The summed E-state index contributed by atoms with van der Waals surface area (Å²) < 4.78 is 42.6. The zero-order chi connectivity index (χ0) is 18.0. The summed E-state index contributed by atoms with van der Waals surface area (Å²) in [6, 6.07) is 7.82. The van der Waals surface area contributed by atoms with E-state index >= 15 is 0 Å². The van der Waals surface area contributed by atoms with Crippen LogP contribution in [0.2, 0.25) is 5.02 Å². The smallest absolute Gasteiger partial charge is 0.243 e. The van der Waals surface area contributed by atoms with Crippen molar-refractivity contribution in [2.24, 2.45) is 0 Å². The molecule has 0 saturated carbocycles. The molecule has 134 valence electrons. The van der Waals surface area contributed by atoms with Gasteiger partial charge in [-0.1, -0.05) is 11.6 Å². The molecule has 0 atom stereocenters. The number of rotatable bonds is 6. The average molecular weight is 385 g/mol. The van der Waals surface area contributed by atoms with E-state index in [2.05, 4.69) is 4.98 Å². The third-order valence-corrected chi connectivity index (χ3v) is 5.85. The summed E-state index contributed by atoms with van der Waals surface area (Å²) in [7, 11) is -0.662. The second-order valence-corrected chi connectivity index (χ2v) is 7.77. The summed E-state index contributed by atoms with van der Waals surface area (Å²) in [6.07, 6.45) is 1.23. The van der Waals surface area contributed by atoms with E-state index in [1.165, 1.54) is 36.9 Å². The van der Waals surface area contributed by atoms with Gasteiger partial charge in [0.05, 0.1) is 37.2 Å². The van der Waals surface area contributed by atoms with Crippen molar-refractivity contribution in [1.29, 1.82) is 0 Å². The molecule has 2 aromatic rings. The quantitative estimate of drug-likeness (QED) is 0.759. The topological polar surface area (TPSA) is 78.0 Å². The molecule has 0 aliphatic carbocycles. The van der Waals surface area contributed by atoms with Gasteiger partial charge in [-0.05, 0) is 18.2 Å². The highest BCUT2D eigenvalue weighted by Gasteiger charge is 2.38. The molecule has 0 N–H and O–H groups in total. The first-order valence-electron chi connectivity index (χ1n) is 7.44. The van der Waals surface area contributed by atoms with Crippen LogP contribution in [0.1, 0.15) is 0 Å². The molecular weight excluding hydrogens is 368 g/mol. The summed E-state index contributed by atoms with van der Waals surface area (Å²) in [5.41, 5.74) is 0. The lowest BCUT2D eigenvalue weighted by Gasteiger charge is -2.37. The Labute approximate surface area is 151 Å². The fourth-order valence-electron chi connectivity index (χ4n) is 2.40. The van der Waals surface area contributed by atoms with Crippen LogP contribution in [-0.2, 0) is 10.0 Å². The van der Waals surface area contributed by atoms with Crippen molar-refractivity contribution in [2.45, 2.75) is 11.0 Å². The number of hydrogen-bond donors (Lipinski definition) is 0. The van der Waals surface area contributed by atoms with Gasteiger partial charge in [-0.3, -0.25) is 0 Å². The molecule has 1 aromatic carbocycles. The maximum atomic E-state index is 12.7. The number of hydrogen-bond acceptors (Lipinski definition) is 6. The van der Waals surface area contributed by atoms with Crippen LogP contribution in [0.5, 0.6) is 17.4 Å². The molecule has 1 aromatic heterocycles. The number of sulfonamides is 1. The summed E-state index contributed by atoms with van der Waals surface area (Å²) >= 11 is 5.77. The minimum Gasteiger partial charge on any atom is -0.493 e. The Morgan fingerprint density at radius 3 is 2.44 bits per heavy atom. The molecule has 7 nitrogen and oxygen atoms in total. The number of ether oxygens (including phenoxy) is 3. The maximum absolute atomic E-state index is 12.7. The standard InChI is InChI=1S/C16H17ClN2O5S/c1-22-14-5-4-13(7-15(14)23-2)25(20,21)19-9-12(10-19)24-16-6-3-11(17)8-18-16/h3-8,12H,9-10H2,1-2H3. The summed E-state index contributed by atoms with van der Waals surface area (Å²) in [6.45, 7) is 0.502. The normalized spacial score (nSPS) is 15.5. The molecule has 2 heterocycles. The van der Waals surface area contributed by atoms with Gasteiger partial charge in [-0.2, -0.15) is 4.31 Å². The van der Waals surface area contributed by atoms with Crippen LogP contribution in [0.25, 0.3) is 0 Å². The van der Waals surface area contributed by atoms with Crippen molar-refractivity contribution in [3.05, 3.63) is 41.6 Å². The second kappa shape index (κ2) is 7.07. The summed E-state index contributed by atoms with van der Waals surface area (Å²) in [4.78, 5) is 4.18. The van der Waals surface area contributed by atoms with Crippen LogP contribution >= 0.6 is 11.6 Å². The van der Waals surface area contributed by atoms with Gasteiger partial charge in [0, 0.05) is 18.3 Å². The number of halogens is 1. The predicted octanol–water partition coefficient (Wildman–Crippen LogP) is 2.20. The Balaban J connectivity index is 1.67. The number of benzene rings is 1. The van der Waals surface area contributed by atoms with E-state index in [0.29, 0.717) is 22.4 Å². The van der Waals surface area contributed by atoms with E-state index in [1.54, 1.807) is 18.2 Å². The highest BCUT2D eigenvalue weighted by atomic mass is 35.5. The molecule has 3 rings (SSSR count). The van der Waals surface area contributed by atoms with E-state index in [9.17, 15) is 8.42 Å². The van der Waals surface area contributed by atoms with Gasteiger partial charge in [-0.25, -0.2) is 13.4 Å². The molecule has 0 unspecified atom stereocenters. The second-order valence-electron chi connectivity index (χ2n) is 5.39. The fourth-order valence-corrected chi connectivity index (χ4v) is 4.03. The van der Waals surface area contributed by atoms with Crippen LogP contribution in [0.15, 0.2) is 41.4 Å². The van der Waals surface area contributed by atoms with Gasteiger partial charge in [0.15, 0.2) is 11.5 Å². The van der Waals surface area contributed by atoms with E-state index in [0.717, 1.165) is 0 Å². The predicted molar refractivity (Wildman–Crippen MR) is 92.0 cm³/mol. The molecule has 0 bridgehead atoms. The van der Waals surface area contributed by atoms with E-state index in [-0.39, 0.29) is 24.1 Å². The van der Waals surface area contributed by atoms with Crippen LogP contribution < -0.4 is 14.2 Å². The Morgan fingerprint density at radius 2 is 1.84 bits per heavy atom. The SMILES string of the molecule is COc1ccc(S(=O)(=O)N2CC(Oc3ccc(Cl)cn3)C2)cc1OC. The first kappa shape index (κ1) is 17.8. The Bertz CT molecular complexity index is 851. The van der Waals surface area contributed by atoms with Crippen LogP contribution in [0.4, 0.5) is 0 Å². The molecule has 0 spiro atoms. The minimum absolute atomic E-state index is 0.146. The lowest BCUT2D eigenvalue weighted by Crippen LogP contribution is -2.56. The van der Waals surface area contributed by atoms with Crippen molar-refractivity contribution in [3.8, 4) is 17.4 Å². The number of aromatic nitrogens is 1. The van der Waals surface area contributed by atoms with E-state index < -0.39 is 10.0 Å². The Kier molecular flexibility index (Phi) is 5.03. The molecule has 25 heavy (non-hydrogen) atoms. The fraction of sp³-hybridized carbons (Fsp3) is 0.312. The van der Waals surface area contributed by atoms with Gasteiger partial charge >= 0.3 is 0 Å². The van der Waals surface area contributed by atoms with Crippen molar-refractivity contribution >= 4 is 21.6 Å². The third kappa shape index (κ3) is 3.65. The molecule has 1 aliphatic rings. The Hall–Kier alpha value is -2.03. The van der Waals surface area contributed by atoms with Crippen LogP contribution in [0.3, 0.4) is 0 Å². The molecule has 0 radical (unpaired) electrons. The van der Waals surface area contributed by atoms with Gasteiger partial charge in [0.2, 0.25) is 15.9 Å². The zero-order valence-corrected chi connectivity index (χ0v) is 15.2. The lowest BCUT2D eigenvalue weighted by atomic mass is 10.2. The number of nitrogens with zero attached hydrogens (tertiary/aromatic N) is 2. The Morgan fingerprint density at radius 1 is 1.12 bits per heavy atom. The molecule has 1 saturated heterocycles. The van der Waals surface area contributed by atoms with Gasteiger partial charge in [0.25, 0.3) is 0 Å². The van der Waals surface area contributed by atoms with E-state index in [1.807, 2.05) is 0 Å². The first-order valence-corrected chi connectivity index (χ1v) is 9.26. The number of methoxy groups -OCH3 is 2.